The lowest BCUT2D eigenvalue weighted by Crippen LogP contribution is -2.56. The van der Waals surface area contributed by atoms with Gasteiger partial charge in [-0.1, -0.05) is 40.7 Å². The van der Waals surface area contributed by atoms with E-state index in [1.807, 2.05) is 13.0 Å². The molecule has 1 rings (SSSR count). The van der Waals surface area contributed by atoms with E-state index in [9.17, 15) is 4.79 Å². The Morgan fingerprint density at radius 1 is 1.21 bits per heavy atom. The maximum atomic E-state index is 12.7. The highest BCUT2D eigenvalue weighted by molar-refractivity contribution is 5.77. The zero-order chi connectivity index (χ0) is 22.3. The second-order valence-corrected chi connectivity index (χ2v) is 10.8. The van der Waals surface area contributed by atoms with Gasteiger partial charge >= 0.3 is 0 Å². The van der Waals surface area contributed by atoms with Crippen molar-refractivity contribution in [3.05, 3.63) is 12.7 Å². The average Bonchev–Trinajstić information content (AvgIpc) is 2.76. The van der Waals surface area contributed by atoms with Crippen LogP contribution in [-0.4, -0.2) is 56.0 Å². The molecule has 1 amide bonds. The quantitative estimate of drug-likeness (QED) is 0.324. The Kier molecular flexibility index (Phi) is 9.84. The molecule has 3 atom stereocenters. The molecule has 0 aromatic carbocycles. The highest BCUT2D eigenvalue weighted by Crippen LogP contribution is 2.42. The minimum atomic E-state index is -0.264. The first-order chi connectivity index (χ1) is 13.3. The third kappa shape index (κ3) is 8.39. The summed E-state index contributed by atoms with van der Waals surface area (Å²) in [7, 11) is 2.08. The van der Waals surface area contributed by atoms with Gasteiger partial charge in [0.2, 0.25) is 5.91 Å². The van der Waals surface area contributed by atoms with E-state index in [-0.39, 0.29) is 40.8 Å². The number of nitrogens with zero attached hydrogens (tertiary/aromatic N) is 1. The second-order valence-electron chi connectivity index (χ2n) is 10.8. The first kappa shape index (κ1) is 26.1. The van der Waals surface area contributed by atoms with E-state index in [1.165, 1.54) is 0 Å². The number of rotatable bonds is 10. The Balaban J connectivity index is 2.95. The summed E-state index contributed by atoms with van der Waals surface area (Å²) in [5.41, 5.74) is 0.0688. The Bertz CT molecular complexity index is 527. The molecule has 0 heterocycles. The Morgan fingerprint density at radius 2 is 1.83 bits per heavy atom. The van der Waals surface area contributed by atoms with E-state index < -0.39 is 0 Å². The highest BCUT2D eigenvalue weighted by atomic mass is 16.5. The van der Waals surface area contributed by atoms with Gasteiger partial charge in [0.05, 0.1) is 13.3 Å². The van der Waals surface area contributed by atoms with Crippen LogP contribution in [0, 0.1) is 16.7 Å². The smallest absolute Gasteiger partial charge is 0.246 e. The molecule has 1 N–H and O–H groups in total. The fourth-order valence-electron chi connectivity index (χ4n) is 4.15. The van der Waals surface area contributed by atoms with Crippen molar-refractivity contribution in [2.24, 2.45) is 16.7 Å². The van der Waals surface area contributed by atoms with Gasteiger partial charge in [0, 0.05) is 24.1 Å². The Labute approximate surface area is 179 Å². The van der Waals surface area contributed by atoms with Crippen molar-refractivity contribution < 1.29 is 14.3 Å². The molecule has 5 heteroatoms. The number of hydrogen-bond acceptors (Lipinski definition) is 4. The number of amides is 1. The first-order valence-corrected chi connectivity index (χ1v) is 11.1. The molecule has 0 saturated heterocycles. The molecule has 1 saturated carbocycles. The predicted molar refractivity (Wildman–Crippen MR) is 121 cm³/mol. The summed E-state index contributed by atoms with van der Waals surface area (Å²) in [6.45, 7) is 21.3. The lowest BCUT2D eigenvalue weighted by atomic mass is 9.76. The van der Waals surface area contributed by atoms with Crippen LogP contribution in [0.3, 0.4) is 0 Å². The normalized spacial score (nSPS) is 24.6. The molecule has 1 aliphatic rings. The van der Waals surface area contributed by atoms with Crippen LogP contribution < -0.4 is 5.32 Å². The molecule has 0 bridgehead atoms. The largest absolute Gasteiger partial charge is 0.371 e. The van der Waals surface area contributed by atoms with Crippen LogP contribution in [0.1, 0.15) is 74.1 Å². The molecular formula is C24H46N2O3. The van der Waals surface area contributed by atoms with Crippen LogP contribution in [-0.2, 0) is 14.3 Å². The van der Waals surface area contributed by atoms with E-state index in [0.717, 1.165) is 25.7 Å². The fourth-order valence-corrected chi connectivity index (χ4v) is 4.15. The monoisotopic (exact) mass is 410 g/mol. The van der Waals surface area contributed by atoms with Crippen LogP contribution in [0.15, 0.2) is 12.7 Å². The lowest BCUT2D eigenvalue weighted by molar-refractivity contribution is -0.128. The van der Waals surface area contributed by atoms with Crippen molar-refractivity contribution in [2.75, 3.05) is 33.6 Å². The van der Waals surface area contributed by atoms with Crippen molar-refractivity contribution in [1.82, 2.24) is 10.2 Å². The maximum absolute atomic E-state index is 12.7. The summed E-state index contributed by atoms with van der Waals surface area (Å²) in [6.07, 6.45) is 6.27. The fraction of sp³-hybridized carbons (Fsp3) is 0.875. The molecule has 0 spiro atoms. The molecular weight excluding hydrogens is 364 g/mol. The lowest BCUT2D eigenvalue weighted by Gasteiger charge is -2.45. The molecule has 29 heavy (non-hydrogen) atoms. The van der Waals surface area contributed by atoms with Crippen molar-refractivity contribution in [3.63, 3.8) is 0 Å². The molecule has 3 unspecified atom stereocenters. The van der Waals surface area contributed by atoms with Crippen LogP contribution in [0.4, 0.5) is 0 Å². The topological polar surface area (TPSA) is 50.8 Å². The van der Waals surface area contributed by atoms with E-state index in [4.69, 9.17) is 9.47 Å². The van der Waals surface area contributed by atoms with Gasteiger partial charge in [-0.3, -0.25) is 9.69 Å². The molecule has 0 aromatic rings. The van der Waals surface area contributed by atoms with E-state index in [0.29, 0.717) is 19.9 Å². The van der Waals surface area contributed by atoms with Gasteiger partial charge < -0.3 is 14.8 Å². The summed E-state index contributed by atoms with van der Waals surface area (Å²) >= 11 is 0. The summed E-state index contributed by atoms with van der Waals surface area (Å²) in [5.74, 6) is 0.238. The summed E-state index contributed by atoms with van der Waals surface area (Å²) in [6, 6.07) is 0.0922. The van der Waals surface area contributed by atoms with Crippen molar-refractivity contribution in [2.45, 2.75) is 85.7 Å². The molecule has 0 aromatic heterocycles. The van der Waals surface area contributed by atoms with E-state index >= 15 is 0 Å². The van der Waals surface area contributed by atoms with Gasteiger partial charge in [-0.05, 0) is 57.4 Å². The zero-order valence-electron chi connectivity index (χ0n) is 20.3. The first-order valence-electron chi connectivity index (χ1n) is 11.1. The van der Waals surface area contributed by atoms with Gasteiger partial charge in [0.1, 0.15) is 6.61 Å². The minimum absolute atomic E-state index is 0.0252. The third-order valence-electron chi connectivity index (χ3n) is 6.34. The predicted octanol–water partition coefficient (Wildman–Crippen LogP) is 4.62. The number of nitrogens with one attached hydrogen (secondary N) is 1. The van der Waals surface area contributed by atoms with Gasteiger partial charge in [0.25, 0.3) is 0 Å². The van der Waals surface area contributed by atoms with Crippen molar-refractivity contribution >= 4 is 5.91 Å². The van der Waals surface area contributed by atoms with E-state index in [1.54, 1.807) is 0 Å². The second kappa shape index (κ2) is 10.9. The summed E-state index contributed by atoms with van der Waals surface area (Å²) < 4.78 is 11.3. The standard InChI is InChI=1S/C24H46N2O3/c1-10-24(8,26(9)18-28-11-2)19-12-14-23(6,7)15-13-20(19)25-21(27)16-29-17-22(3,4)5/h10,19-20H,1,11-18H2,2-9H3,(H,25,27). The van der Waals surface area contributed by atoms with Gasteiger partial charge in [-0.15, -0.1) is 6.58 Å². The average molecular weight is 411 g/mol. The molecule has 170 valence electrons. The summed E-state index contributed by atoms with van der Waals surface area (Å²) in [5, 5.41) is 3.30. The number of ether oxygens (including phenoxy) is 2. The van der Waals surface area contributed by atoms with Crippen molar-refractivity contribution in [3.8, 4) is 0 Å². The van der Waals surface area contributed by atoms with E-state index in [2.05, 4.69) is 65.4 Å². The number of carbonyl (C=O) groups is 1. The minimum Gasteiger partial charge on any atom is -0.371 e. The molecule has 1 aliphatic carbocycles. The number of likely N-dealkylation sites (N-methyl/N-ethyl adjacent to an activating group) is 1. The highest BCUT2D eigenvalue weighted by Gasteiger charge is 2.43. The molecule has 1 fully saturated rings. The van der Waals surface area contributed by atoms with Crippen LogP contribution in [0.25, 0.3) is 0 Å². The third-order valence-corrected chi connectivity index (χ3v) is 6.34. The molecule has 5 nitrogen and oxygen atoms in total. The van der Waals surface area contributed by atoms with Crippen LogP contribution in [0.5, 0.6) is 0 Å². The summed E-state index contributed by atoms with van der Waals surface area (Å²) in [4.78, 5) is 14.9. The van der Waals surface area contributed by atoms with Crippen LogP contribution >= 0.6 is 0 Å². The van der Waals surface area contributed by atoms with Gasteiger partial charge in [0.15, 0.2) is 0 Å². The number of hydrogen-bond donors (Lipinski definition) is 1. The SMILES string of the molecule is C=CC(C)(C1CCC(C)(C)CCC1NC(=O)COCC(C)(C)C)N(C)COCC. The Morgan fingerprint density at radius 3 is 2.38 bits per heavy atom. The van der Waals surface area contributed by atoms with Gasteiger partial charge in [-0.25, -0.2) is 0 Å². The Hall–Kier alpha value is -0.910. The molecule has 0 radical (unpaired) electrons. The van der Waals surface area contributed by atoms with Crippen LogP contribution in [0.2, 0.25) is 0 Å². The molecule has 0 aliphatic heterocycles. The van der Waals surface area contributed by atoms with Gasteiger partial charge in [-0.2, -0.15) is 0 Å². The van der Waals surface area contributed by atoms with Crippen molar-refractivity contribution in [1.29, 1.82) is 0 Å². The number of carbonyl (C=O) groups excluding carboxylic acids is 1. The maximum Gasteiger partial charge on any atom is 0.246 e. The zero-order valence-corrected chi connectivity index (χ0v) is 20.3.